The van der Waals surface area contributed by atoms with Crippen LogP contribution in [0.5, 0.6) is 0 Å². The van der Waals surface area contributed by atoms with Gasteiger partial charge in [-0.2, -0.15) is 0 Å². The summed E-state index contributed by atoms with van der Waals surface area (Å²) < 4.78 is 17.8. The fraction of sp³-hybridized carbons (Fsp3) is 1.00. The minimum atomic E-state index is -2.39. The molecule has 5 heteroatoms. The van der Waals surface area contributed by atoms with Crippen LogP contribution in [-0.4, -0.2) is 34.1 Å². The fourth-order valence-electron chi connectivity index (χ4n) is 2.54. The molecule has 0 amide bonds. The first-order chi connectivity index (χ1) is 7.79. The molecular weight excluding hydrogens is 236 g/mol. The fourth-order valence-corrected chi connectivity index (χ4v) is 5.82. The summed E-state index contributed by atoms with van der Waals surface area (Å²) in [5, 5.41) is 0. The van der Waals surface area contributed by atoms with E-state index in [9.17, 15) is 0 Å². The molecule has 0 aromatic heterocycles. The molecule has 1 fully saturated rings. The summed E-state index contributed by atoms with van der Waals surface area (Å²) in [6.07, 6.45) is 6.38. The Morgan fingerprint density at radius 1 is 0.824 bits per heavy atom. The largest absolute Gasteiger partial charge is 0.504 e. The molecule has 0 atom stereocenters. The Kier molecular flexibility index (Phi) is 9.08. The van der Waals surface area contributed by atoms with E-state index in [1.807, 2.05) is 20.8 Å². The van der Waals surface area contributed by atoms with Crippen molar-refractivity contribution in [3.63, 3.8) is 0 Å². The van der Waals surface area contributed by atoms with E-state index in [1.165, 1.54) is 32.1 Å². The van der Waals surface area contributed by atoms with Crippen molar-refractivity contribution in [2.45, 2.75) is 58.4 Å². The third-order valence-corrected chi connectivity index (χ3v) is 6.79. The normalized spacial score (nSPS) is 17.8. The van der Waals surface area contributed by atoms with Crippen LogP contribution in [0.2, 0.25) is 5.54 Å². The molecule has 104 valence electrons. The van der Waals surface area contributed by atoms with E-state index in [1.54, 1.807) is 0 Å². The van der Waals surface area contributed by atoms with Gasteiger partial charge in [-0.05, 0) is 33.6 Å². The van der Waals surface area contributed by atoms with E-state index >= 15 is 0 Å². The Bertz CT molecular complexity index is 166. The van der Waals surface area contributed by atoms with Gasteiger partial charge in [-0.15, -0.1) is 0 Å². The second kappa shape index (κ2) is 9.05. The van der Waals surface area contributed by atoms with Gasteiger partial charge in [-0.3, -0.25) is 0 Å². The molecule has 0 aromatic rings. The van der Waals surface area contributed by atoms with Gasteiger partial charge in [0.2, 0.25) is 0 Å². The van der Waals surface area contributed by atoms with E-state index in [0.717, 1.165) is 0 Å². The maximum atomic E-state index is 5.94. The first-order valence-corrected chi connectivity index (χ1v) is 8.51. The van der Waals surface area contributed by atoms with Gasteiger partial charge < -0.3 is 18.8 Å². The third-order valence-electron chi connectivity index (χ3n) is 3.14. The van der Waals surface area contributed by atoms with Gasteiger partial charge in [-0.25, -0.2) is 0 Å². The van der Waals surface area contributed by atoms with Crippen molar-refractivity contribution in [1.82, 2.24) is 0 Å². The van der Waals surface area contributed by atoms with Gasteiger partial charge in [-0.1, -0.05) is 19.3 Å². The summed E-state index contributed by atoms with van der Waals surface area (Å²) in [6.45, 7) is 8.18. The van der Waals surface area contributed by atoms with Crippen LogP contribution >= 0.6 is 0 Å². The molecule has 1 aliphatic carbocycles. The topological polar surface area (TPSA) is 59.2 Å². The Labute approximate surface area is 106 Å². The number of rotatable bonds is 7. The predicted octanol–water partition coefficient (Wildman–Crippen LogP) is 2.54. The minimum Gasteiger partial charge on any atom is -0.412 e. The molecule has 0 aromatic carbocycles. The molecule has 0 aliphatic heterocycles. The molecule has 1 aliphatic rings. The van der Waals surface area contributed by atoms with E-state index in [0.29, 0.717) is 25.4 Å². The van der Waals surface area contributed by atoms with Crippen LogP contribution in [0, 0.1) is 0 Å². The summed E-state index contributed by atoms with van der Waals surface area (Å²) in [5.74, 6) is 0. The van der Waals surface area contributed by atoms with Crippen molar-refractivity contribution < 1.29 is 18.8 Å². The highest BCUT2D eigenvalue weighted by Gasteiger charge is 2.48. The second-order valence-electron chi connectivity index (χ2n) is 4.24. The van der Waals surface area contributed by atoms with Crippen LogP contribution in [-0.2, 0) is 13.3 Å². The van der Waals surface area contributed by atoms with Crippen LogP contribution in [0.25, 0.3) is 0 Å². The number of hydrogen-bond donors (Lipinski definition) is 0. The standard InChI is InChI=1S/C12H26O3Si.H2O/c1-4-13-16(14-5-2,15-6-3)12-10-8-7-9-11-12;/h12H,4-11H2,1-3H3;1H2. The Morgan fingerprint density at radius 3 is 1.59 bits per heavy atom. The first-order valence-electron chi connectivity index (χ1n) is 6.70. The van der Waals surface area contributed by atoms with Crippen LogP contribution in [0.1, 0.15) is 52.9 Å². The lowest BCUT2D eigenvalue weighted by atomic mass is 10.0. The maximum Gasteiger partial charge on any atom is 0.504 e. The third kappa shape index (κ3) is 4.67. The van der Waals surface area contributed by atoms with Crippen molar-refractivity contribution in [1.29, 1.82) is 0 Å². The Morgan fingerprint density at radius 2 is 1.24 bits per heavy atom. The molecule has 1 rings (SSSR count). The highest BCUT2D eigenvalue weighted by molar-refractivity contribution is 6.62. The molecular formula is C12H28O4Si. The van der Waals surface area contributed by atoms with Crippen LogP contribution in [0.15, 0.2) is 0 Å². The average molecular weight is 264 g/mol. The molecule has 4 nitrogen and oxygen atoms in total. The molecule has 2 N–H and O–H groups in total. The minimum absolute atomic E-state index is 0. The molecule has 1 saturated carbocycles. The first kappa shape index (κ1) is 17.1. The lowest BCUT2D eigenvalue weighted by molar-refractivity contribution is 0.0561. The van der Waals surface area contributed by atoms with E-state index in [2.05, 4.69) is 0 Å². The van der Waals surface area contributed by atoms with Crippen molar-refractivity contribution in [3.8, 4) is 0 Å². The van der Waals surface area contributed by atoms with Gasteiger partial charge in [0.25, 0.3) is 0 Å². The van der Waals surface area contributed by atoms with Gasteiger partial charge >= 0.3 is 8.80 Å². The Balaban J connectivity index is 0.00000256. The van der Waals surface area contributed by atoms with Crippen molar-refractivity contribution in [2.24, 2.45) is 0 Å². The zero-order chi connectivity index (χ0) is 11.9. The van der Waals surface area contributed by atoms with Crippen LogP contribution in [0.3, 0.4) is 0 Å². The van der Waals surface area contributed by atoms with E-state index in [-0.39, 0.29) is 5.48 Å². The molecule has 0 saturated heterocycles. The van der Waals surface area contributed by atoms with Crippen molar-refractivity contribution in [3.05, 3.63) is 0 Å². The summed E-state index contributed by atoms with van der Waals surface area (Å²) in [5.41, 5.74) is 0.529. The zero-order valence-electron chi connectivity index (χ0n) is 11.5. The van der Waals surface area contributed by atoms with E-state index in [4.69, 9.17) is 13.3 Å². The quantitative estimate of drug-likeness (QED) is 0.664. The zero-order valence-corrected chi connectivity index (χ0v) is 12.5. The van der Waals surface area contributed by atoms with E-state index < -0.39 is 8.80 Å². The average Bonchev–Trinajstić information content (AvgIpc) is 2.31. The highest BCUT2D eigenvalue weighted by atomic mass is 28.4. The van der Waals surface area contributed by atoms with Gasteiger partial charge in [0, 0.05) is 25.4 Å². The number of hydrogen-bond acceptors (Lipinski definition) is 3. The summed E-state index contributed by atoms with van der Waals surface area (Å²) >= 11 is 0. The van der Waals surface area contributed by atoms with Crippen molar-refractivity contribution >= 4 is 8.80 Å². The highest BCUT2D eigenvalue weighted by Crippen LogP contribution is 2.38. The summed E-state index contributed by atoms with van der Waals surface area (Å²) in [6, 6.07) is 0. The summed E-state index contributed by atoms with van der Waals surface area (Å²) in [4.78, 5) is 0. The smallest absolute Gasteiger partial charge is 0.412 e. The van der Waals surface area contributed by atoms with Crippen LogP contribution in [0.4, 0.5) is 0 Å². The van der Waals surface area contributed by atoms with Gasteiger partial charge in [0.05, 0.1) is 0 Å². The Hall–Kier alpha value is 0.0569. The lowest BCUT2D eigenvalue weighted by Gasteiger charge is -2.37. The summed E-state index contributed by atoms with van der Waals surface area (Å²) in [7, 11) is -2.39. The van der Waals surface area contributed by atoms with Gasteiger partial charge in [0.1, 0.15) is 0 Å². The monoisotopic (exact) mass is 264 g/mol. The molecule has 0 heterocycles. The molecule has 0 spiro atoms. The molecule has 0 radical (unpaired) electrons. The predicted molar refractivity (Wildman–Crippen MR) is 71.1 cm³/mol. The van der Waals surface area contributed by atoms with Crippen LogP contribution < -0.4 is 0 Å². The molecule has 0 bridgehead atoms. The lowest BCUT2D eigenvalue weighted by Crippen LogP contribution is -2.51. The van der Waals surface area contributed by atoms with Gasteiger partial charge in [0.15, 0.2) is 0 Å². The SMILES string of the molecule is CCO[Si](OCC)(OCC)C1CCCCC1.O. The maximum absolute atomic E-state index is 5.94. The van der Waals surface area contributed by atoms with Crippen molar-refractivity contribution in [2.75, 3.05) is 19.8 Å². The second-order valence-corrected chi connectivity index (χ2v) is 7.13. The molecule has 17 heavy (non-hydrogen) atoms. The molecule has 0 unspecified atom stereocenters.